The SMILES string of the molecule is CN(CC(C)(C)O)C(=O)C1(c2ccc(F)cc2)CCOCC1. The highest BCUT2D eigenvalue weighted by Crippen LogP contribution is 2.37. The Balaban J connectivity index is 2.33. The molecule has 5 heteroatoms. The highest BCUT2D eigenvalue weighted by Gasteiger charge is 2.43. The number of carbonyl (C=O) groups excluding carboxylic acids is 1. The summed E-state index contributed by atoms with van der Waals surface area (Å²) in [6, 6.07) is 6.12. The standard InChI is InChI=1S/C17H24FNO3/c1-16(2,21)12-19(3)15(20)17(8-10-22-11-9-17)13-4-6-14(18)7-5-13/h4-7,21H,8-12H2,1-3H3. The van der Waals surface area contributed by atoms with E-state index in [9.17, 15) is 14.3 Å². The maximum atomic E-state index is 13.2. The molecule has 1 fully saturated rings. The summed E-state index contributed by atoms with van der Waals surface area (Å²) in [7, 11) is 1.70. The minimum absolute atomic E-state index is 0.0514. The van der Waals surface area contributed by atoms with Gasteiger partial charge in [-0.2, -0.15) is 0 Å². The lowest BCUT2D eigenvalue weighted by atomic mass is 9.73. The van der Waals surface area contributed by atoms with Crippen LogP contribution in [0, 0.1) is 5.82 Å². The smallest absolute Gasteiger partial charge is 0.233 e. The zero-order chi connectivity index (χ0) is 16.4. The number of halogens is 1. The Morgan fingerprint density at radius 1 is 1.32 bits per heavy atom. The summed E-state index contributed by atoms with van der Waals surface area (Å²) in [4.78, 5) is 14.6. The van der Waals surface area contributed by atoms with Crippen LogP contribution < -0.4 is 0 Å². The third-order valence-electron chi connectivity index (χ3n) is 4.12. The first kappa shape index (κ1) is 16.9. The minimum atomic E-state index is -0.959. The van der Waals surface area contributed by atoms with Gasteiger partial charge in [0, 0.05) is 26.8 Å². The van der Waals surface area contributed by atoms with Gasteiger partial charge in [0.05, 0.1) is 11.0 Å². The van der Waals surface area contributed by atoms with Crippen molar-refractivity contribution in [2.24, 2.45) is 0 Å². The molecule has 0 aromatic heterocycles. The van der Waals surface area contributed by atoms with E-state index in [4.69, 9.17) is 4.74 Å². The van der Waals surface area contributed by atoms with Gasteiger partial charge in [-0.15, -0.1) is 0 Å². The zero-order valence-electron chi connectivity index (χ0n) is 13.4. The molecule has 1 aliphatic rings. The first-order valence-corrected chi connectivity index (χ1v) is 7.56. The fourth-order valence-electron chi connectivity index (χ4n) is 3.13. The van der Waals surface area contributed by atoms with E-state index in [0.29, 0.717) is 26.1 Å². The molecule has 0 spiro atoms. The molecule has 0 atom stereocenters. The Morgan fingerprint density at radius 3 is 2.36 bits per heavy atom. The van der Waals surface area contributed by atoms with Crippen molar-refractivity contribution in [3.8, 4) is 0 Å². The van der Waals surface area contributed by atoms with Gasteiger partial charge in [-0.1, -0.05) is 12.1 Å². The van der Waals surface area contributed by atoms with Gasteiger partial charge in [0.25, 0.3) is 0 Å². The molecule has 1 aromatic rings. The summed E-state index contributed by atoms with van der Waals surface area (Å²) in [6.45, 7) is 4.59. The predicted octanol–water partition coefficient (Wildman–Crippen LogP) is 2.10. The van der Waals surface area contributed by atoms with E-state index in [1.807, 2.05) is 0 Å². The molecule has 0 bridgehead atoms. The molecule has 1 N–H and O–H groups in total. The van der Waals surface area contributed by atoms with Gasteiger partial charge in [-0.25, -0.2) is 4.39 Å². The van der Waals surface area contributed by atoms with Crippen molar-refractivity contribution in [3.05, 3.63) is 35.6 Å². The Morgan fingerprint density at radius 2 is 1.86 bits per heavy atom. The molecule has 1 aromatic carbocycles. The van der Waals surface area contributed by atoms with E-state index < -0.39 is 11.0 Å². The molecule has 1 amide bonds. The number of ether oxygens (including phenoxy) is 1. The molecule has 122 valence electrons. The van der Waals surface area contributed by atoms with Gasteiger partial charge in [0.1, 0.15) is 5.82 Å². The van der Waals surface area contributed by atoms with Crippen LogP contribution >= 0.6 is 0 Å². The highest BCUT2D eigenvalue weighted by molar-refractivity contribution is 5.88. The van der Waals surface area contributed by atoms with Crippen molar-refractivity contribution >= 4 is 5.91 Å². The number of carbonyl (C=O) groups is 1. The van der Waals surface area contributed by atoms with E-state index in [0.717, 1.165) is 5.56 Å². The summed E-state index contributed by atoms with van der Waals surface area (Å²) in [6.07, 6.45) is 1.13. The normalized spacial score (nSPS) is 18.0. The number of benzene rings is 1. The van der Waals surface area contributed by atoms with Crippen LogP contribution in [0.15, 0.2) is 24.3 Å². The molecule has 0 unspecified atom stereocenters. The molecular weight excluding hydrogens is 285 g/mol. The lowest BCUT2D eigenvalue weighted by Crippen LogP contribution is -2.51. The Hall–Kier alpha value is -1.46. The van der Waals surface area contributed by atoms with Crippen molar-refractivity contribution in [3.63, 3.8) is 0 Å². The molecule has 22 heavy (non-hydrogen) atoms. The summed E-state index contributed by atoms with van der Waals surface area (Å²) >= 11 is 0. The molecule has 2 rings (SSSR count). The molecule has 0 saturated carbocycles. The lowest BCUT2D eigenvalue weighted by molar-refractivity contribution is -0.142. The van der Waals surface area contributed by atoms with E-state index in [1.165, 1.54) is 12.1 Å². The Kier molecular flexibility index (Phi) is 4.87. The van der Waals surface area contributed by atoms with Crippen molar-refractivity contribution in [1.82, 2.24) is 4.90 Å². The third kappa shape index (κ3) is 3.65. The van der Waals surface area contributed by atoms with Crippen molar-refractivity contribution in [2.75, 3.05) is 26.8 Å². The molecular formula is C17H24FNO3. The molecule has 4 nitrogen and oxygen atoms in total. The van der Waals surface area contributed by atoms with Crippen LogP contribution in [-0.4, -0.2) is 48.3 Å². The summed E-state index contributed by atoms with van der Waals surface area (Å²) in [5, 5.41) is 9.96. The first-order valence-electron chi connectivity index (χ1n) is 7.56. The van der Waals surface area contributed by atoms with Gasteiger partial charge in [0.15, 0.2) is 0 Å². The molecule has 1 saturated heterocycles. The van der Waals surface area contributed by atoms with E-state index in [-0.39, 0.29) is 18.3 Å². The predicted molar refractivity (Wildman–Crippen MR) is 82.1 cm³/mol. The van der Waals surface area contributed by atoms with Crippen LogP contribution in [-0.2, 0) is 14.9 Å². The number of aliphatic hydroxyl groups is 1. The molecule has 1 heterocycles. The van der Waals surface area contributed by atoms with Crippen molar-refractivity contribution < 1.29 is 19.0 Å². The highest BCUT2D eigenvalue weighted by atomic mass is 19.1. The second-order valence-corrected chi connectivity index (χ2v) is 6.68. The van der Waals surface area contributed by atoms with Gasteiger partial charge in [-0.05, 0) is 44.4 Å². The quantitative estimate of drug-likeness (QED) is 0.926. The number of likely N-dealkylation sites (N-methyl/N-ethyl adjacent to an activating group) is 1. The van der Waals surface area contributed by atoms with Gasteiger partial charge in [-0.3, -0.25) is 4.79 Å². The van der Waals surface area contributed by atoms with Gasteiger partial charge >= 0.3 is 0 Å². The number of nitrogens with zero attached hydrogens (tertiary/aromatic N) is 1. The molecule has 0 radical (unpaired) electrons. The Bertz CT molecular complexity index is 516. The second-order valence-electron chi connectivity index (χ2n) is 6.68. The number of hydrogen-bond donors (Lipinski definition) is 1. The lowest BCUT2D eigenvalue weighted by Gasteiger charge is -2.40. The third-order valence-corrected chi connectivity index (χ3v) is 4.12. The first-order chi connectivity index (χ1) is 10.2. The topological polar surface area (TPSA) is 49.8 Å². The average molecular weight is 309 g/mol. The monoisotopic (exact) mass is 309 g/mol. The largest absolute Gasteiger partial charge is 0.389 e. The van der Waals surface area contributed by atoms with Crippen LogP contribution in [0.25, 0.3) is 0 Å². The number of amides is 1. The number of hydrogen-bond acceptors (Lipinski definition) is 3. The van der Waals surface area contributed by atoms with Crippen LogP contribution in [0.2, 0.25) is 0 Å². The van der Waals surface area contributed by atoms with E-state index in [1.54, 1.807) is 37.9 Å². The van der Waals surface area contributed by atoms with Crippen molar-refractivity contribution in [2.45, 2.75) is 37.7 Å². The fraction of sp³-hybridized carbons (Fsp3) is 0.588. The van der Waals surface area contributed by atoms with Crippen LogP contribution in [0.3, 0.4) is 0 Å². The fourth-order valence-corrected chi connectivity index (χ4v) is 3.13. The summed E-state index contributed by atoms with van der Waals surface area (Å²) < 4.78 is 18.6. The van der Waals surface area contributed by atoms with Gasteiger partial charge < -0.3 is 14.7 Å². The van der Waals surface area contributed by atoms with Gasteiger partial charge in [0.2, 0.25) is 5.91 Å². The van der Waals surface area contributed by atoms with E-state index in [2.05, 4.69) is 0 Å². The Labute approximate surface area is 130 Å². The molecule has 0 aliphatic carbocycles. The minimum Gasteiger partial charge on any atom is -0.389 e. The summed E-state index contributed by atoms with van der Waals surface area (Å²) in [5.74, 6) is -0.368. The van der Waals surface area contributed by atoms with E-state index >= 15 is 0 Å². The zero-order valence-corrected chi connectivity index (χ0v) is 13.4. The summed E-state index contributed by atoms with van der Waals surface area (Å²) in [5.41, 5.74) is -0.851. The van der Waals surface area contributed by atoms with Crippen molar-refractivity contribution in [1.29, 1.82) is 0 Å². The van der Waals surface area contributed by atoms with Crippen LogP contribution in [0.4, 0.5) is 4.39 Å². The average Bonchev–Trinajstić information content (AvgIpc) is 2.46. The second kappa shape index (κ2) is 6.34. The van der Waals surface area contributed by atoms with Crippen LogP contribution in [0.5, 0.6) is 0 Å². The maximum absolute atomic E-state index is 13.2. The number of rotatable bonds is 4. The molecule has 1 aliphatic heterocycles. The van der Waals surface area contributed by atoms with Crippen LogP contribution in [0.1, 0.15) is 32.3 Å². The maximum Gasteiger partial charge on any atom is 0.233 e.